The molecule has 1 amide bonds. The lowest BCUT2D eigenvalue weighted by atomic mass is 10.1. The van der Waals surface area contributed by atoms with Crippen LogP contribution in [-0.4, -0.2) is 32.1 Å². The molecular formula is C17H19N5O3. The fraction of sp³-hybridized carbons (Fsp3) is 0.294. The summed E-state index contributed by atoms with van der Waals surface area (Å²) < 4.78 is 8.23. The van der Waals surface area contributed by atoms with Gasteiger partial charge in [-0.25, -0.2) is 4.68 Å². The van der Waals surface area contributed by atoms with Crippen molar-refractivity contribution in [1.29, 1.82) is 0 Å². The number of rotatable bonds is 5. The molecule has 0 aliphatic rings. The van der Waals surface area contributed by atoms with E-state index >= 15 is 0 Å². The summed E-state index contributed by atoms with van der Waals surface area (Å²) in [6.07, 6.45) is 1.71. The molecule has 0 radical (unpaired) electrons. The Morgan fingerprint density at radius 3 is 2.64 bits per heavy atom. The Bertz CT molecular complexity index is 990. The second-order valence-corrected chi connectivity index (χ2v) is 5.60. The molecule has 0 saturated carbocycles. The van der Waals surface area contributed by atoms with Crippen LogP contribution in [0.2, 0.25) is 0 Å². The molecule has 0 aliphatic heterocycles. The third kappa shape index (κ3) is 3.37. The lowest BCUT2D eigenvalue weighted by Gasteiger charge is -2.09. The fourth-order valence-electron chi connectivity index (χ4n) is 2.65. The molecule has 8 heteroatoms. The van der Waals surface area contributed by atoms with E-state index in [2.05, 4.69) is 15.5 Å². The van der Waals surface area contributed by atoms with Gasteiger partial charge in [-0.15, -0.1) is 5.10 Å². The van der Waals surface area contributed by atoms with Crippen molar-refractivity contribution >= 4 is 22.4 Å². The number of fused-ring (bicyclic) bond motifs is 1. The highest BCUT2D eigenvalue weighted by Crippen LogP contribution is 2.22. The Morgan fingerprint density at radius 1 is 1.20 bits per heavy atom. The van der Waals surface area contributed by atoms with Crippen molar-refractivity contribution in [2.75, 3.05) is 11.9 Å². The van der Waals surface area contributed by atoms with Crippen LogP contribution in [0.5, 0.6) is 5.88 Å². The molecule has 0 aliphatic carbocycles. The topological polar surface area (TPSA) is 91.0 Å². The molecule has 2 heterocycles. The minimum atomic E-state index is -0.259. The van der Waals surface area contributed by atoms with Gasteiger partial charge >= 0.3 is 0 Å². The molecular weight excluding hydrogens is 322 g/mol. The maximum atomic E-state index is 12.5. The number of carbonyl (C=O) groups excluding carboxylic acids is 1. The van der Waals surface area contributed by atoms with Gasteiger partial charge in [0.1, 0.15) is 5.69 Å². The lowest BCUT2D eigenvalue weighted by molar-refractivity contribution is -0.115. The van der Waals surface area contributed by atoms with Gasteiger partial charge in [0.25, 0.3) is 11.4 Å². The number of nitrogens with zero attached hydrogens (tertiary/aromatic N) is 4. The van der Waals surface area contributed by atoms with E-state index in [1.165, 1.54) is 4.68 Å². The van der Waals surface area contributed by atoms with Crippen LogP contribution in [0, 0.1) is 0 Å². The predicted octanol–water partition coefficient (Wildman–Crippen LogP) is 1.25. The first-order valence-corrected chi connectivity index (χ1v) is 7.90. The quantitative estimate of drug-likeness (QED) is 0.754. The number of anilines is 1. The van der Waals surface area contributed by atoms with Gasteiger partial charge in [-0.2, -0.15) is 5.10 Å². The highest BCUT2D eigenvalue weighted by molar-refractivity contribution is 5.95. The Morgan fingerprint density at radius 2 is 1.92 bits per heavy atom. The van der Waals surface area contributed by atoms with Gasteiger partial charge in [0.05, 0.1) is 30.3 Å². The van der Waals surface area contributed by atoms with Crippen molar-refractivity contribution < 1.29 is 9.53 Å². The third-order valence-corrected chi connectivity index (χ3v) is 3.71. The number of benzene rings is 1. The van der Waals surface area contributed by atoms with Crippen molar-refractivity contribution in [3.05, 3.63) is 46.5 Å². The van der Waals surface area contributed by atoms with Crippen LogP contribution in [0.1, 0.15) is 12.6 Å². The van der Waals surface area contributed by atoms with E-state index in [-0.39, 0.29) is 17.9 Å². The first kappa shape index (κ1) is 16.7. The molecule has 0 atom stereocenters. The van der Waals surface area contributed by atoms with Crippen LogP contribution in [0.3, 0.4) is 0 Å². The zero-order valence-electron chi connectivity index (χ0n) is 14.3. The van der Waals surface area contributed by atoms with Crippen LogP contribution >= 0.6 is 0 Å². The number of amides is 1. The van der Waals surface area contributed by atoms with E-state index in [0.717, 1.165) is 0 Å². The van der Waals surface area contributed by atoms with Crippen LogP contribution in [0.25, 0.3) is 10.8 Å². The summed E-state index contributed by atoms with van der Waals surface area (Å²) in [6.45, 7) is 2.30. The summed E-state index contributed by atoms with van der Waals surface area (Å²) in [5.41, 5.74) is 0.853. The molecule has 0 unspecified atom stereocenters. The number of aryl methyl sites for hydroxylation is 2. The molecule has 2 aromatic heterocycles. The Hall–Kier alpha value is -3.16. The van der Waals surface area contributed by atoms with E-state index < -0.39 is 0 Å². The van der Waals surface area contributed by atoms with Crippen LogP contribution in [-0.2, 0) is 25.3 Å². The molecule has 3 aromatic rings. The van der Waals surface area contributed by atoms with E-state index in [1.54, 1.807) is 43.2 Å². The van der Waals surface area contributed by atoms with Gasteiger partial charge in [-0.3, -0.25) is 14.3 Å². The number of aromatic nitrogens is 4. The van der Waals surface area contributed by atoms with Gasteiger partial charge < -0.3 is 10.1 Å². The molecule has 1 N–H and O–H groups in total. The predicted molar refractivity (Wildman–Crippen MR) is 93.7 cm³/mol. The van der Waals surface area contributed by atoms with Crippen LogP contribution < -0.4 is 15.6 Å². The number of carbonyl (C=O) groups is 1. The maximum absolute atomic E-state index is 12.5. The number of nitrogens with one attached hydrogen (secondary N) is 1. The maximum Gasteiger partial charge on any atom is 0.274 e. The van der Waals surface area contributed by atoms with Gasteiger partial charge in [-0.05, 0) is 13.0 Å². The summed E-state index contributed by atoms with van der Waals surface area (Å²) in [5, 5.41) is 12.4. The standard InChI is InChI=1S/C17H19N5O3/c1-4-25-16-14(10-21(2)20-16)18-15(23)9-13-11-7-5-6-8-12(11)17(24)22(3)19-13/h5-8,10H,4,9H2,1-3H3,(H,18,23). The SMILES string of the molecule is CCOc1nn(C)cc1NC(=O)Cc1nn(C)c(=O)c2ccccc12. The molecule has 1 aromatic carbocycles. The van der Waals surface area contributed by atoms with Crippen molar-refractivity contribution in [1.82, 2.24) is 19.6 Å². The average Bonchev–Trinajstić information content (AvgIpc) is 2.92. The van der Waals surface area contributed by atoms with Gasteiger partial charge in [0.15, 0.2) is 0 Å². The van der Waals surface area contributed by atoms with Crippen molar-refractivity contribution in [3.8, 4) is 5.88 Å². The van der Waals surface area contributed by atoms with Crippen molar-refractivity contribution in [3.63, 3.8) is 0 Å². The Balaban J connectivity index is 1.88. The molecule has 0 fully saturated rings. The minimum absolute atomic E-state index is 0.0368. The monoisotopic (exact) mass is 341 g/mol. The van der Waals surface area contributed by atoms with Gasteiger partial charge in [0.2, 0.25) is 5.91 Å². The van der Waals surface area contributed by atoms with E-state index in [0.29, 0.717) is 34.6 Å². The zero-order valence-corrected chi connectivity index (χ0v) is 14.3. The lowest BCUT2D eigenvalue weighted by Crippen LogP contribution is -2.24. The molecule has 25 heavy (non-hydrogen) atoms. The minimum Gasteiger partial charge on any atom is -0.475 e. The summed E-state index contributed by atoms with van der Waals surface area (Å²) in [6, 6.07) is 7.13. The van der Waals surface area contributed by atoms with E-state index in [1.807, 2.05) is 13.0 Å². The highest BCUT2D eigenvalue weighted by atomic mass is 16.5. The number of hydrogen-bond donors (Lipinski definition) is 1. The second-order valence-electron chi connectivity index (χ2n) is 5.60. The number of ether oxygens (including phenoxy) is 1. The summed E-state index contributed by atoms with van der Waals surface area (Å²) in [5.74, 6) is 0.113. The van der Waals surface area contributed by atoms with Crippen molar-refractivity contribution in [2.24, 2.45) is 14.1 Å². The zero-order chi connectivity index (χ0) is 18.0. The van der Waals surface area contributed by atoms with Crippen molar-refractivity contribution in [2.45, 2.75) is 13.3 Å². The normalized spacial score (nSPS) is 10.8. The Kier molecular flexibility index (Phi) is 4.51. The molecule has 0 spiro atoms. The van der Waals surface area contributed by atoms with E-state index in [4.69, 9.17) is 4.74 Å². The average molecular weight is 341 g/mol. The summed E-state index contributed by atoms with van der Waals surface area (Å²) in [4.78, 5) is 24.6. The smallest absolute Gasteiger partial charge is 0.274 e. The molecule has 8 nitrogen and oxygen atoms in total. The first-order valence-electron chi connectivity index (χ1n) is 7.90. The van der Waals surface area contributed by atoms with Crippen LogP contribution in [0.15, 0.2) is 35.3 Å². The fourth-order valence-corrected chi connectivity index (χ4v) is 2.65. The van der Waals surface area contributed by atoms with E-state index in [9.17, 15) is 9.59 Å². The highest BCUT2D eigenvalue weighted by Gasteiger charge is 2.15. The molecule has 3 rings (SSSR count). The summed E-state index contributed by atoms with van der Waals surface area (Å²) >= 11 is 0. The molecule has 0 bridgehead atoms. The Labute approximate surface area is 144 Å². The van der Waals surface area contributed by atoms with Gasteiger partial charge in [-0.1, -0.05) is 18.2 Å². The third-order valence-electron chi connectivity index (χ3n) is 3.71. The molecule has 0 saturated heterocycles. The van der Waals surface area contributed by atoms with Crippen LogP contribution in [0.4, 0.5) is 5.69 Å². The second kappa shape index (κ2) is 6.76. The summed E-state index contributed by atoms with van der Waals surface area (Å²) in [7, 11) is 3.32. The first-order chi connectivity index (χ1) is 12.0. The number of hydrogen-bond acceptors (Lipinski definition) is 5. The largest absolute Gasteiger partial charge is 0.475 e. The molecule has 130 valence electrons. The van der Waals surface area contributed by atoms with Gasteiger partial charge in [0, 0.05) is 19.5 Å².